The van der Waals surface area contributed by atoms with Crippen molar-refractivity contribution in [2.24, 2.45) is 0 Å². The van der Waals surface area contributed by atoms with Crippen LogP contribution in [0.3, 0.4) is 0 Å². The van der Waals surface area contributed by atoms with E-state index in [1.807, 2.05) is 47.8 Å². The van der Waals surface area contributed by atoms with Crippen LogP contribution in [0.4, 0.5) is 0 Å². The van der Waals surface area contributed by atoms with Gasteiger partial charge in [0.1, 0.15) is 0 Å². The summed E-state index contributed by atoms with van der Waals surface area (Å²) in [5, 5.41) is 5.89. The molecule has 1 N–H and O–H groups in total. The molecule has 0 fully saturated rings. The van der Waals surface area contributed by atoms with E-state index in [1.54, 1.807) is 29.5 Å². The highest BCUT2D eigenvalue weighted by molar-refractivity contribution is 7.10. The van der Waals surface area contributed by atoms with Crippen LogP contribution in [0.1, 0.15) is 26.8 Å². The molecule has 2 aromatic carbocycles. The first-order valence-corrected chi connectivity index (χ1v) is 8.63. The highest BCUT2D eigenvalue weighted by Gasteiger charge is 2.20. The van der Waals surface area contributed by atoms with Gasteiger partial charge in [-0.05, 0) is 35.2 Å². The van der Waals surface area contributed by atoms with Crippen molar-refractivity contribution < 1.29 is 4.79 Å². The number of carbonyl (C=O) groups excluding carboxylic acids is 1. The number of carbonyl (C=O) groups is 1. The van der Waals surface area contributed by atoms with E-state index in [-0.39, 0.29) is 11.9 Å². The molecular weight excluding hydrogens is 349 g/mol. The number of thiophene rings is 1. The van der Waals surface area contributed by atoms with Crippen LogP contribution in [-0.2, 0) is 0 Å². The minimum absolute atomic E-state index is 0.213. The van der Waals surface area contributed by atoms with E-state index in [0.717, 1.165) is 10.4 Å². The number of benzene rings is 2. The molecule has 1 aromatic heterocycles. The van der Waals surface area contributed by atoms with E-state index in [4.69, 9.17) is 23.2 Å². The van der Waals surface area contributed by atoms with Crippen molar-refractivity contribution in [3.05, 3.63) is 92.1 Å². The molecule has 0 aliphatic carbocycles. The van der Waals surface area contributed by atoms with E-state index in [2.05, 4.69) is 5.32 Å². The molecule has 0 bridgehead atoms. The molecule has 1 unspecified atom stereocenters. The normalized spacial score (nSPS) is 11.9. The van der Waals surface area contributed by atoms with Gasteiger partial charge < -0.3 is 5.32 Å². The summed E-state index contributed by atoms with van der Waals surface area (Å²) >= 11 is 13.6. The summed E-state index contributed by atoms with van der Waals surface area (Å²) in [6.45, 7) is 0. The number of hydrogen-bond acceptors (Lipinski definition) is 2. The lowest BCUT2D eigenvalue weighted by molar-refractivity contribution is 0.0943. The third-order valence-corrected chi connectivity index (χ3v) is 4.90. The van der Waals surface area contributed by atoms with E-state index < -0.39 is 0 Å². The van der Waals surface area contributed by atoms with Crippen molar-refractivity contribution in [1.29, 1.82) is 0 Å². The summed E-state index contributed by atoms with van der Waals surface area (Å²) < 4.78 is 0. The molecule has 0 aliphatic rings. The van der Waals surface area contributed by atoms with Crippen LogP contribution >= 0.6 is 34.5 Å². The Balaban J connectivity index is 1.91. The number of rotatable bonds is 4. The van der Waals surface area contributed by atoms with Crippen LogP contribution in [-0.4, -0.2) is 5.91 Å². The highest BCUT2D eigenvalue weighted by atomic mass is 35.5. The van der Waals surface area contributed by atoms with Crippen LogP contribution in [0.25, 0.3) is 0 Å². The van der Waals surface area contributed by atoms with E-state index in [0.29, 0.717) is 15.6 Å². The van der Waals surface area contributed by atoms with Gasteiger partial charge in [0, 0.05) is 9.90 Å². The fourth-order valence-electron chi connectivity index (χ4n) is 2.30. The second-order valence-electron chi connectivity index (χ2n) is 4.96. The smallest absolute Gasteiger partial charge is 0.253 e. The predicted molar refractivity (Wildman–Crippen MR) is 96.5 cm³/mol. The molecule has 116 valence electrons. The van der Waals surface area contributed by atoms with Crippen LogP contribution in [0.15, 0.2) is 66.0 Å². The van der Waals surface area contributed by atoms with Crippen LogP contribution in [0, 0.1) is 0 Å². The Bertz CT molecular complexity index is 803. The van der Waals surface area contributed by atoms with E-state index in [9.17, 15) is 4.79 Å². The number of amides is 1. The van der Waals surface area contributed by atoms with Crippen molar-refractivity contribution >= 4 is 40.4 Å². The van der Waals surface area contributed by atoms with Gasteiger partial charge in [0.25, 0.3) is 5.91 Å². The van der Waals surface area contributed by atoms with Gasteiger partial charge in [-0.25, -0.2) is 0 Å². The molecule has 1 atom stereocenters. The number of halogens is 2. The zero-order valence-electron chi connectivity index (χ0n) is 12.0. The Kier molecular flexibility index (Phi) is 5.01. The average molecular weight is 362 g/mol. The molecule has 5 heteroatoms. The van der Waals surface area contributed by atoms with Crippen LogP contribution in [0.5, 0.6) is 0 Å². The monoisotopic (exact) mass is 361 g/mol. The summed E-state index contributed by atoms with van der Waals surface area (Å²) in [4.78, 5) is 13.7. The van der Waals surface area contributed by atoms with Gasteiger partial charge in [-0.3, -0.25) is 4.79 Å². The summed E-state index contributed by atoms with van der Waals surface area (Å²) in [5.74, 6) is -0.228. The number of hydrogen-bond donors (Lipinski definition) is 1. The maximum atomic E-state index is 12.6. The van der Waals surface area contributed by atoms with Crippen molar-refractivity contribution in [2.45, 2.75) is 6.04 Å². The van der Waals surface area contributed by atoms with Gasteiger partial charge >= 0.3 is 0 Å². The lowest BCUT2D eigenvalue weighted by Crippen LogP contribution is -2.29. The molecule has 3 aromatic rings. The first-order chi connectivity index (χ1) is 11.1. The Morgan fingerprint density at radius 3 is 2.43 bits per heavy atom. The summed E-state index contributed by atoms with van der Waals surface area (Å²) in [6.07, 6.45) is 0. The Morgan fingerprint density at radius 2 is 1.78 bits per heavy atom. The highest BCUT2D eigenvalue weighted by Crippen LogP contribution is 2.27. The van der Waals surface area contributed by atoms with Crippen molar-refractivity contribution in [3.63, 3.8) is 0 Å². The largest absolute Gasteiger partial charge is 0.340 e. The third kappa shape index (κ3) is 3.75. The fraction of sp³-hybridized carbons (Fsp3) is 0.0556. The molecule has 1 amide bonds. The molecule has 0 saturated heterocycles. The minimum atomic E-state index is -0.228. The lowest BCUT2D eigenvalue weighted by atomic mass is 10.0. The molecule has 0 radical (unpaired) electrons. The maximum absolute atomic E-state index is 12.6. The molecule has 0 spiro atoms. The van der Waals surface area contributed by atoms with Gasteiger partial charge in [0.15, 0.2) is 0 Å². The van der Waals surface area contributed by atoms with Crippen molar-refractivity contribution in [1.82, 2.24) is 5.32 Å². The van der Waals surface area contributed by atoms with E-state index in [1.165, 1.54) is 0 Å². The number of nitrogens with one attached hydrogen (secondary N) is 1. The molecule has 1 heterocycles. The maximum Gasteiger partial charge on any atom is 0.253 e. The predicted octanol–water partition coefficient (Wildman–Crippen LogP) is 5.57. The van der Waals surface area contributed by atoms with Gasteiger partial charge in [-0.1, -0.05) is 59.6 Å². The Morgan fingerprint density at radius 1 is 1.00 bits per heavy atom. The third-order valence-electron chi connectivity index (χ3n) is 3.41. The van der Waals surface area contributed by atoms with Gasteiger partial charge in [0.2, 0.25) is 0 Å². The molecular formula is C18H13Cl2NOS. The van der Waals surface area contributed by atoms with Gasteiger partial charge in [0.05, 0.1) is 16.6 Å². The minimum Gasteiger partial charge on any atom is -0.340 e. The van der Waals surface area contributed by atoms with Crippen LogP contribution in [0.2, 0.25) is 10.0 Å². The molecule has 0 aliphatic heterocycles. The second-order valence-corrected chi connectivity index (χ2v) is 6.78. The SMILES string of the molecule is O=C(NC(c1ccccc1)c1cccs1)c1ccc(Cl)cc1Cl. The topological polar surface area (TPSA) is 29.1 Å². The summed E-state index contributed by atoms with van der Waals surface area (Å²) in [7, 11) is 0. The zero-order chi connectivity index (χ0) is 16.2. The molecule has 2 nitrogen and oxygen atoms in total. The summed E-state index contributed by atoms with van der Waals surface area (Å²) in [5.41, 5.74) is 1.43. The first-order valence-electron chi connectivity index (χ1n) is 6.99. The van der Waals surface area contributed by atoms with Gasteiger partial charge in [-0.2, -0.15) is 0 Å². The van der Waals surface area contributed by atoms with Crippen molar-refractivity contribution in [2.75, 3.05) is 0 Å². The van der Waals surface area contributed by atoms with Crippen molar-refractivity contribution in [3.8, 4) is 0 Å². The van der Waals surface area contributed by atoms with Gasteiger partial charge in [-0.15, -0.1) is 11.3 Å². The van der Waals surface area contributed by atoms with E-state index >= 15 is 0 Å². The average Bonchev–Trinajstić information content (AvgIpc) is 3.07. The second kappa shape index (κ2) is 7.18. The lowest BCUT2D eigenvalue weighted by Gasteiger charge is -2.18. The first kappa shape index (κ1) is 16.1. The van der Waals surface area contributed by atoms with Crippen LogP contribution < -0.4 is 5.32 Å². The fourth-order valence-corrected chi connectivity index (χ4v) is 3.60. The Hall–Kier alpha value is -1.81. The zero-order valence-corrected chi connectivity index (χ0v) is 14.3. The molecule has 3 rings (SSSR count). The molecule has 23 heavy (non-hydrogen) atoms. The molecule has 0 saturated carbocycles. The Labute approximate surface area is 148 Å². The quantitative estimate of drug-likeness (QED) is 0.646. The standard InChI is InChI=1S/C18H13Cl2NOS/c19-13-8-9-14(15(20)11-13)18(22)21-17(16-7-4-10-23-16)12-5-2-1-3-6-12/h1-11,17H,(H,21,22). The summed E-state index contributed by atoms with van der Waals surface area (Å²) in [6, 6.07) is 18.5.